The van der Waals surface area contributed by atoms with Gasteiger partial charge in [0.15, 0.2) is 0 Å². The fourth-order valence-corrected chi connectivity index (χ4v) is 2.92. The van der Waals surface area contributed by atoms with Gasteiger partial charge >= 0.3 is 6.03 Å². The minimum Gasteiger partial charge on any atom is -0.338 e. The average Bonchev–Trinajstić information content (AvgIpc) is 2.58. The zero-order valence-corrected chi connectivity index (χ0v) is 14.0. The van der Waals surface area contributed by atoms with Crippen LogP contribution in [0.3, 0.4) is 0 Å². The molecule has 3 amide bonds. The highest BCUT2D eigenvalue weighted by Crippen LogP contribution is 2.18. The first-order valence-electron chi connectivity index (χ1n) is 8.30. The third kappa shape index (κ3) is 4.94. The van der Waals surface area contributed by atoms with Crippen molar-refractivity contribution in [3.8, 4) is 0 Å². The summed E-state index contributed by atoms with van der Waals surface area (Å²) in [6.07, 6.45) is 6.27. The van der Waals surface area contributed by atoms with Crippen molar-refractivity contribution >= 4 is 11.9 Å². The minimum atomic E-state index is -0.0265. The van der Waals surface area contributed by atoms with E-state index in [9.17, 15) is 9.59 Å². The van der Waals surface area contributed by atoms with Crippen molar-refractivity contribution in [1.82, 2.24) is 20.1 Å². The lowest BCUT2D eigenvalue weighted by Gasteiger charge is -2.39. The molecule has 1 unspecified atom stereocenters. The molecule has 126 valence electrons. The summed E-state index contributed by atoms with van der Waals surface area (Å²) in [7, 11) is 0. The van der Waals surface area contributed by atoms with Crippen molar-refractivity contribution in [2.24, 2.45) is 0 Å². The monoisotopic (exact) mass is 318 g/mol. The van der Waals surface area contributed by atoms with Crippen molar-refractivity contribution in [2.75, 3.05) is 19.6 Å². The molecule has 0 aromatic carbocycles. The third-order valence-electron chi connectivity index (χ3n) is 4.13. The average molecular weight is 318 g/mol. The van der Waals surface area contributed by atoms with Crippen LogP contribution in [0.15, 0.2) is 24.5 Å². The van der Waals surface area contributed by atoms with Crippen LogP contribution in [0.2, 0.25) is 0 Å². The summed E-state index contributed by atoms with van der Waals surface area (Å²) < 4.78 is 0. The largest absolute Gasteiger partial charge is 0.338 e. The molecule has 0 saturated carbocycles. The second-order valence-corrected chi connectivity index (χ2v) is 5.98. The Morgan fingerprint density at radius 1 is 1.48 bits per heavy atom. The number of rotatable bonds is 5. The van der Waals surface area contributed by atoms with Gasteiger partial charge in [-0.3, -0.25) is 9.78 Å². The van der Waals surface area contributed by atoms with Crippen molar-refractivity contribution in [2.45, 2.75) is 45.7 Å². The van der Waals surface area contributed by atoms with E-state index in [0.29, 0.717) is 19.6 Å². The molecule has 1 fully saturated rings. The van der Waals surface area contributed by atoms with Crippen LogP contribution >= 0.6 is 0 Å². The van der Waals surface area contributed by atoms with Gasteiger partial charge in [-0.2, -0.15) is 0 Å². The number of nitrogens with zero attached hydrogens (tertiary/aromatic N) is 3. The third-order valence-corrected chi connectivity index (χ3v) is 4.13. The molecular formula is C17H26N4O2. The molecule has 1 saturated heterocycles. The van der Waals surface area contributed by atoms with Crippen molar-refractivity contribution in [3.63, 3.8) is 0 Å². The number of amides is 3. The Morgan fingerprint density at radius 2 is 2.30 bits per heavy atom. The summed E-state index contributed by atoms with van der Waals surface area (Å²) in [5.74, 6) is 0.0367. The van der Waals surface area contributed by atoms with Crippen molar-refractivity contribution in [3.05, 3.63) is 30.1 Å². The van der Waals surface area contributed by atoms with Crippen LogP contribution in [0.4, 0.5) is 4.79 Å². The molecular weight excluding hydrogens is 292 g/mol. The second-order valence-electron chi connectivity index (χ2n) is 5.98. The number of carbonyl (C=O) groups is 2. The first-order chi connectivity index (χ1) is 11.1. The zero-order chi connectivity index (χ0) is 16.7. The highest BCUT2D eigenvalue weighted by atomic mass is 16.2. The van der Waals surface area contributed by atoms with E-state index in [1.54, 1.807) is 19.3 Å². The summed E-state index contributed by atoms with van der Waals surface area (Å²) in [6.45, 7) is 6.20. The Morgan fingerprint density at radius 3 is 2.96 bits per heavy atom. The summed E-state index contributed by atoms with van der Waals surface area (Å²) in [6, 6.07) is 3.88. The maximum absolute atomic E-state index is 12.2. The fourth-order valence-electron chi connectivity index (χ4n) is 2.92. The molecule has 1 aromatic rings. The van der Waals surface area contributed by atoms with Crippen molar-refractivity contribution in [1.29, 1.82) is 0 Å². The molecule has 23 heavy (non-hydrogen) atoms. The fraction of sp³-hybridized carbons (Fsp3) is 0.588. The van der Waals surface area contributed by atoms with Crippen LogP contribution in [-0.2, 0) is 11.3 Å². The standard InChI is InChI=1S/C17H26N4O2/c1-3-8-19-17(23)20-10-5-7-16(13-20)21(14(2)22)12-15-6-4-9-18-11-15/h4,6,9,11,16H,3,5,7-8,10,12-13H2,1-2H3,(H,19,23). The van der Waals surface area contributed by atoms with Gasteiger partial charge in [0.2, 0.25) is 5.91 Å². The minimum absolute atomic E-state index is 0.0265. The number of aromatic nitrogens is 1. The Kier molecular flexibility index (Phi) is 6.38. The van der Waals surface area contributed by atoms with E-state index < -0.39 is 0 Å². The number of hydrogen-bond donors (Lipinski definition) is 1. The molecule has 0 bridgehead atoms. The molecule has 0 aliphatic carbocycles. The highest BCUT2D eigenvalue weighted by molar-refractivity contribution is 5.75. The summed E-state index contributed by atoms with van der Waals surface area (Å²) in [5.41, 5.74) is 1.01. The number of carbonyl (C=O) groups excluding carboxylic acids is 2. The Labute approximate surface area is 137 Å². The predicted octanol–water partition coefficient (Wildman–Crippen LogP) is 2.01. The van der Waals surface area contributed by atoms with E-state index >= 15 is 0 Å². The quantitative estimate of drug-likeness (QED) is 0.903. The number of likely N-dealkylation sites (tertiary alicyclic amines) is 1. The topological polar surface area (TPSA) is 65.5 Å². The molecule has 1 aromatic heterocycles. The SMILES string of the molecule is CCCNC(=O)N1CCCC(N(Cc2cccnc2)C(C)=O)C1. The summed E-state index contributed by atoms with van der Waals surface area (Å²) in [5, 5.41) is 2.91. The van der Waals surface area contributed by atoms with Gasteiger partial charge in [0.25, 0.3) is 0 Å². The van der Waals surface area contributed by atoms with Gasteiger partial charge < -0.3 is 15.1 Å². The van der Waals surface area contributed by atoms with Crippen LogP contribution in [0, 0.1) is 0 Å². The number of urea groups is 1. The summed E-state index contributed by atoms with van der Waals surface area (Å²) in [4.78, 5) is 32.0. The van der Waals surface area contributed by atoms with Gasteiger partial charge in [0, 0.05) is 51.5 Å². The second kappa shape index (κ2) is 8.50. The predicted molar refractivity (Wildman–Crippen MR) is 88.7 cm³/mol. The van der Waals surface area contributed by atoms with Crippen LogP contribution in [0.5, 0.6) is 0 Å². The normalized spacial score (nSPS) is 17.7. The highest BCUT2D eigenvalue weighted by Gasteiger charge is 2.29. The van der Waals surface area contributed by atoms with Gasteiger partial charge in [0.05, 0.1) is 0 Å². The Hall–Kier alpha value is -2.11. The molecule has 6 heteroatoms. The van der Waals surface area contributed by atoms with E-state index in [2.05, 4.69) is 10.3 Å². The zero-order valence-electron chi connectivity index (χ0n) is 14.0. The maximum Gasteiger partial charge on any atom is 0.317 e. The molecule has 0 spiro atoms. The lowest BCUT2D eigenvalue weighted by atomic mass is 10.0. The van der Waals surface area contributed by atoms with Crippen LogP contribution < -0.4 is 5.32 Å². The van der Waals surface area contributed by atoms with Crippen LogP contribution in [0.1, 0.15) is 38.7 Å². The van der Waals surface area contributed by atoms with E-state index in [4.69, 9.17) is 0 Å². The molecule has 1 N–H and O–H groups in total. The van der Waals surface area contributed by atoms with Gasteiger partial charge in [-0.15, -0.1) is 0 Å². The summed E-state index contributed by atoms with van der Waals surface area (Å²) >= 11 is 0. The molecule has 1 aliphatic heterocycles. The molecule has 2 rings (SSSR count). The lowest BCUT2D eigenvalue weighted by Crippen LogP contribution is -2.53. The van der Waals surface area contributed by atoms with E-state index in [-0.39, 0.29) is 18.0 Å². The first-order valence-corrected chi connectivity index (χ1v) is 8.30. The molecule has 1 atom stereocenters. The van der Waals surface area contributed by atoms with Gasteiger partial charge in [-0.25, -0.2) is 4.79 Å². The van der Waals surface area contributed by atoms with Crippen molar-refractivity contribution < 1.29 is 9.59 Å². The number of nitrogens with one attached hydrogen (secondary N) is 1. The van der Waals surface area contributed by atoms with E-state index in [1.165, 1.54) is 0 Å². The number of pyridine rings is 1. The smallest absolute Gasteiger partial charge is 0.317 e. The van der Waals surface area contributed by atoms with Crippen LogP contribution in [-0.4, -0.2) is 52.4 Å². The maximum atomic E-state index is 12.2. The Balaban J connectivity index is 2.01. The number of hydrogen-bond acceptors (Lipinski definition) is 3. The lowest BCUT2D eigenvalue weighted by molar-refractivity contribution is -0.132. The van der Waals surface area contributed by atoms with Gasteiger partial charge in [-0.1, -0.05) is 13.0 Å². The molecule has 6 nitrogen and oxygen atoms in total. The molecule has 1 aliphatic rings. The van der Waals surface area contributed by atoms with Gasteiger partial charge in [-0.05, 0) is 30.9 Å². The van der Waals surface area contributed by atoms with E-state index in [1.807, 2.05) is 28.9 Å². The molecule has 0 radical (unpaired) electrons. The first kappa shape index (κ1) is 17.2. The Bertz CT molecular complexity index is 521. The van der Waals surface area contributed by atoms with E-state index in [0.717, 1.165) is 31.4 Å². The molecule has 2 heterocycles. The number of piperidine rings is 1. The van der Waals surface area contributed by atoms with Crippen LogP contribution in [0.25, 0.3) is 0 Å². The van der Waals surface area contributed by atoms with Gasteiger partial charge in [0.1, 0.15) is 0 Å².